The number of benzene rings is 1. The normalized spacial score (nSPS) is 15.5. The molecule has 0 saturated heterocycles. The average molecular weight is 372 g/mol. The number of carbonyl (C=O) groups is 2. The first-order valence-corrected chi connectivity index (χ1v) is 8.44. The van der Waals surface area contributed by atoms with Crippen molar-refractivity contribution in [3.05, 3.63) is 35.7 Å². The standard InChI is InChI=1S/C18H20N4O5/c1-3-27-17(25)9-21-18-19-7-10(8-20-18)11-5-16(24)22-13-6-14(23)15(26-2)4-12(11)13/h4,6-8,11,23H,3,5,9H2,1-2H3,(H,22,24)(H,19,20,21)/t11-/m1/s1. The Bertz CT molecular complexity index is 854. The second-order valence-electron chi connectivity index (χ2n) is 5.91. The van der Waals surface area contributed by atoms with Crippen molar-refractivity contribution < 1.29 is 24.2 Å². The number of nitrogens with zero attached hydrogens (tertiary/aromatic N) is 2. The fraction of sp³-hybridized carbons (Fsp3) is 0.333. The summed E-state index contributed by atoms with van der Waals surface area (Å²) in [7, 11) is 1.46. The topological polar surface area (TPSA) is 123 Å². The molecule has 9 heteroatoms. The third-order valence-corrected chi connectivity index (χ3v) is 4.16. The summed E-state index contributed by atoms with van der Waals surface area (Å²) in [5, 5.41) is 15.5. The van der Waals surface area contributed by atoms with Crippen molar-refractivity contribution in [2.75, 3.05) is 30.9 Å². The van der Waals surface area contributed by atoms with Gasteiger partial charge in [0.15, 0.2) is 11.5 Å². The lowest BCUT2D eigenvalue weighted by Crippen LogP contribution is -2.24. The van der Waals surface area contributed by atoms with E-state index in [2.05, 4.69) is 20.6 Å². The van der Waals surface area contributed by atoms with Crippen LogP contribution in [0.1, 0.15) is 30.4 Å². The van der Waals surface area contributed by atoms with E-state index < -0.39 is 5.97 Å². The molecule has 1 aliphatic heterocycles. The first-order chi connectivity index (χ1) is 13.0. The lowest BCUT2D eigenvalue weighted by atomic mass is 9.86. The number of anilines is 2. The van der Waals surface area contributed by atoms with Crippen molar-refractivity contribution >= 4 is 23.5 Å². The number of methoxy groups -OCH3 is 1. The van der Waals surface area contributed by atoms with Crippen molar-refractivity contribution in [3.8, 4) is 11.5 Å². The second kappa shape index (κ2) is 7.90. The molecular formula is C18H20N4O5. The van der Waals surface area contributed by atoms with Gasteiger partial charge in [0.25, 0.3) is 0 Å². The van der Waals surface area contributed by atoms with Crippen molar-refractivity contribution in [2.24, 2.45) is 0 Å². The molecule has 1 aliphatic rings. The molecule has 0 bridgehead atoms. The van der Waals surface area contributed by atoms with Crippen molar-refractivity contribution in [1.82, 2.24) is 9.97 Å². The van der Waals surface area contributed by atoms with E-state index in [9.17, 15) is 14.7 Å². The van der Waals surface area contributed by atoms with Gasteiger partial charge < -0.3 is 25.2 Å². The summed E-state index contributed by atoms with van der Waals surface area (Å²) in [6.45, 7) is 2.01. The number of carbonyl (C=O) groups excluding carboxylic acids is 2. The van der Waals surface area contributed by atoms with Gasteiger partial charge in [-0.05, 0) is 24.1 Å². The van der Waals surface area contributed by atoms with Gasteiger partial charge in [0.2, 0.25) is 11.9 Å². The van der Waals surface area contributed by atoms with Crippen LogP contribution in [-0.2, 0) is 14.3 Å². The Morgan fingerprint density at radius 3 is 2.78 bits per heavy atom. The summed E-state index contributed by atoms with van der Waals surface area (Å²) in [6.07, 6.45) is 3.43. The Balaban J connectivity index is 1.82. The molecule has 3 rings (SSSR count). The number of rotatable bonds is 6. The van der Waals surface area contributed by atoms with Gasteiger partial charge in [0.05, 0.1) is 13.7 Å². The summed E-state index contributed by atoms with van der Waals surface area (Å²) in [5.41, 5.74) is 2.07. The molecule has 9 nitrogen and oxygen atoms in total. The Morgan fingerprint density at radius 2 is 2.11 bits per heavy atom. The largest absolute Gasteiger partial charge is 0.504 e. The Kier molecular flexibility index (Phi) is 5.39. The van der Waals surface area contributed by atoms with Gasteiger partial charge in [-0.15, -0.1) is 0 Å². The minimum Gasteiger partial charge on any atom is -0.504 e. The maximum atomic E-state index is 12.1. The number of esters is 1. The van der Waals surface area contributed by atoms with Crippen LogP contribution in [0.2, 0.25) is 0 Å². The molecule has 27 heavy (non-hydrogen) atoms. The number of phenolic OH excluding ortho intramolecular Hbond substituents is 1. The van der Waals surface area contributed by atoms with E-state index in [0.29, 0.717) is 18.0 Å². The smallest absolute Gasteiger partial charge is 0.325 e. The van der Waals surface area contributed by atoms with Crippen LogP contribution in [-0.4, -0.2) is 47.2 Å². The third-order valence-electron chi connectivity index (χ3n) is 4.16. The lowest BCUT2D eigenvalue weighted by Gasteiger charge is -2.26. The number of fused-ring (bicyclic) bond motifs is 1. The van der Waals surface area contributed by atoms with Crippen molar-refractivity contribution in [3.63, 3.8) is 0 Å². The number of amides is 1. The quantitative estimate of drug-likeness (QED) is 0.654. The SMILES string of the molecule is CCOC(=O)CNc1ncc([C@H]2CC(=O)Nc3cc(O)c(OC)cc32)cn1. The molecule has 0 fully saturated rings. The molecule has 142 valence electrons. The summed E-state index contributed by atoms with van der Waals surface area (Å²) in [5.74, 6) is -0.273. The molecular weight excluding hydrogens is 352 g/mol. The van der Waals surface area contributed by atoms with Crippen LogP contribution in [0.5, 0.6) is 11.5 Å². The van der Waals surface area contributed by atoms with E-state index in [1.807, 2.05) is 0 Å². The Morgan fingerprint density at radius 1 is 1.37 bits per heavy atom. The number of phenols is 1. The molecule has 2 heterocycles. The van der Waals surface area contributed by atoms with Crippen LogP contribution in [0.4, 0.5) is 11.6 Å². The monoisotopic (exact) mass is 372 g/mol. The van der Waals surface area contributed by atoms with Gasteiger partial charge in [0.1, 0.15) is 6.54 Å². The molecule has 1 aromatic heterocycles. The molecule has 0 saturated carbocycles. The van der Waals surface area contributed by atoms with Gasteiger partial charge in [0, 0.05) is 36.5 Å². The zero-order valence-electron chi connectivity index (χ0n) is 15.0. The van der Waals surface area contributed by atoms with Crippen molar-refractivity contribution in [2.45, 2.75) is 19.3 Å². The van der Waals surface area contributed by atoms with E-state index >= 15 is 0 Å². The molecule has 0 aliphatic carbocycles. The van der Waals surface area contributed by atoms with Crippen LogP contribution < -0.4 is 15.4 Å². The molecule has 2 aromatic rings. The molecule has 1 atom stereocenters. The van der Waals surface area contributed by atoms with Gasteiger partial charge in [-0.25, -0.2) is 9.97 Å². The van der Waals surface area contributed by atoms with Crippen LogP contribution in [0.25, 0.3) is 0 Å². The minimum absolute atomic E-state index is 0.0294. The zero-order chi connectivity index (χ0) is 19.4. The number of hydrogen-bond donors (Lipinski definition) is 3. The maximum Gasteiger partial charge on any atom is 0.325 e. The van der Waals surface area contributed by atoms with Gasteiger partial charge in [-0.2, -0.15) is 0 Å². The third kappa shape index (κ3) is 4.08. The average Bonchev–Trinajstić information content (AvgIpc) is 2.66. The molecule has 1 amide bonds. The number of nitrogens with one attached hydrogen (secondary N) is 2. The van der Waals surface area contributed by atoms with Crippen LogP contribution in [0, 0.1) is 0 Å². The van der Waals surface area contributed by atoms with E-state index in [-0.39, 0.29) is 36.5 Å². The predicted octanol–water partition coefficient (Wildman–Crippen LogP) is 1.64. The highest BCUT2D eigenvalue weighted by Crippen LogP contribution is 2.42. The van der Waals surface area contributed by atoms with Crippen LogP contribution >= 0.6 is 0 Å². The van der Waals surface area contributed by atoms with Crippen LogP contribution in [0.15, 0.2) is 24.5 Å². The van der Waals surface area contributed by atoms with Crippen LogP contribution in [0.3, 0.4) is 0 Å². The fourth-order valence-electron chi connectivity index (χ4n) is 2.91. The van der Waals surface area contributed by atoms with E-state index in [1.165, 1.54) is 13.2 Å². The highest BCUT2D eigenvalue weighted by atomic mass is 16.5. The van der Waals surface area contributed by atoms with E-state index in [4.69, 9.17) is 9.47 Å². The Labute approximate surface area is 155 Å². The highest BCUT2D eigenvalue weighted by molar-refractivity contribution is 5.95. The van der Waals surface area contributed by atoms with Gasteiger partial charge in [-0.3, -0.25) is 9.59 Å². The molecule has 0 unspecified atom stereocenters. The molecule has 0 spiro atoms. The van der Waals surface area contributed by atoms with E-state index in [1.54, 1.807) is 25.4 Å². The lowest BCUT2D eigenvalue weighted by molar-refractivity contribution is -0.140. The summed E-state index contributed by atoms with van der Waals surface area (Å²) in [6, 6.07) is 3.16. The number of aromatic hydroxyl groups is 1. The zero-order valence-corrected chi connectivity index (χ0v) is 15.0. The first-order valence-electron chi connectivity index (χ1n) is 8.44. The van der Waals surface area contributed by atoms with Gasteiger partial charge in [-0.1, -0.05) is 0 Å². The highest BCUT2D eigenvalue weighted by Gasteiger charge is 2.28. The molecule has 1 aromatic carbocycles. The van der Waals surface area contributed by atoms with E-state index in [0.717, 1.165) is 11.1 Å². The summed E-state index contributed by atoms with van der Waals surface area (Å²) < 4.78 is 10.00. The summed E-state index contributed by atoms with van der Waals surface area (Å²) >= 11 is 0. The number of aromatic nitrogens is 2. The summed E-state index contributed by atoms with van der Waals surface area (Å²) in [4.78, 5) is 31.8. The number of ether oxygens (including phenoxy) is 2. The fourth-order valence-corrected chi connectivity index (χ4v) is 2.91. The molecule has 3 N–H and O–H groups in total. The Hall–Kier alpha value is -3.36. The second-order valence-corrected chi connectivity index (χ2v) is 5.91. The van der Waals surface area contributed by atoms with Gasteiger partial charge >= 0.3 is 5.97 Å². The first kappa shape index (κ1) is 18.4. The minimum atomic E-state index is -0.394. The maximum absolute atomic E-state index is 12.1. The predicted molar refractivity (Wildman–Crippen MR) is 96.9 cm³/mol. The number of hydrogen-bond acceptors (Lipinski definition) is 8. The molecule has 0 radical (unpaired) electrons. The van der Waals surface area contributed by atoms with Crippen molar-refractivity contribution in [1.29, 1.82) is 0 Å².